The van der Waals surface area contributed by atoms with Crippen molar-refractivity contribution < 1.29 is 9.22 Å². The van der Waals surface area contributed by atoms with Gasteiger partial charge in [0, 0.05) is 0 Å². The molecule has 0 atom stereocenters. The maximum absolute atomic E-state index is 9.23. The van der Waals surface area contributed by atoms with Crippen LogP contribution in [0, 0.1) is 0 Å². The molecule has 0 bridgehead atoms. The summed E-state index contributed by atoms with van der Waals surface area (Å²) in [6, 6.07) is 8.64. The number of benzene rings is 1. The number of aromatic hydroxyl groups is 1. The van der Waals surface area contributed by atoms with Crippen molar-refractivity contribution in [3.63, 3.8) is 0 Å². The maximum atomic E-state index is 9.23. The van der Waals surface area contributed by atoms with Gasteiger partial charge in [0.2, 0.25) is 0 Å². The Hall–Kier alpha value is -0.586. The molecular formula is C13H24O2Si2. The first-order chi connectivity index (χ1) is 7.68. The molecule has 1 rings (SSSR count). The van der Waals surface area contributed by atoms with Crippen molar-refractivity contribution in [3.05, 3.63) is 29.8 Å². The largest absolute Gasteiger partial charge is 0.508 e. The van der Waals surface area contributed by atoms with E-state index in [1.54, 1.807) is 12.1 Å². The molecule has 1 N–H and O–H groups in total. The van der Waals surface area contributed by atoms with Crippen molar-refractivity contribution in [1.82, 2.24) is 0 Å². The molecule has 0 aliphatic heterocycles. The lowest BCUT2D eigenvalue weighted by Crippen LogP contribution is -2.42. The Morgan fingerprint density at radius 3 is 2.00 bits per heavy atom. The van der Waals surface area contributed by atoms with Crippen LogP contribution in [0.4, 0.5) is 0 Å². The first kappa shape index (κ1) is 14.5. The van der Waals surface area contributed by atoms with Gasteiger partial charge in [0.05, 0.1) is 0 Å². The van der Waals surface area contributed by atoms with Gasteiger partial charge in [-0.2, -0.15) is 0 Å². The molecule has 0 radical (unpaired) electrons. The first-order valence-corrected chi connectivity index (χ1v) is 12.7. The molecule has 0 aliphatic carbocycles. The lowest BCUT2D eigenvalue weighted by Gasteiger charge is -2.31. The molecule has 0 unspecified atom stereocenters. The van der Waals surface area contributed by atoms with E-state index < -0.39 is 16.6 Å². The van der Waals surface area contributed by atoms with Gasteiger partial charge in [0.25, 0.3) is 0 Å². The van der Waals surface area contributed by atoms with Crippen molar-refractivity contribution in [2.75, 3.05) is 0 Å². The first-order valence-electron chi connectivity index (χ1n) is 6.16. The smallest absolute Gasteiger partial charge is 0.173 e. The molecule has 2 nitrogen and oxygen atoms in total. The Morgan fingerprint density at radius 1 is 1.00 bits per heavy atom. The zero-order valence-corrected chi connectivity index (χ0v) is 13.6. The third kappa shape index (κ3) is 6.05. The van der Waals surface area contributed by atoms with Gasteiger partial charge in [0.1, 0.15) is 5.75 Å². The van der Waals surface area contributed by atoms with Gasteiger partial charge in [-0.25, -0.2) is 0 Å². The van der Waals surface area contributed by atoms with E-state index in [0.29, 0.717) is 5.75 Å². The van der Waals surface area contributed by atoms with Crippen LogP contribution in [-0.4, -0.2) is 21.7 Å². The average molecular weight is 269 g/mol. The van der Waals surface area contributed by atoms with E-state index in [1.807, 2.05) is 12.1 Å². The van der Waals surface area contributed by atoms with Gasteiger partial charge in [-0.05, 0) is 62.9 Å². The predicted molar refractivity (Wildman–Crippen MR) is 78.5 cm³/mol. The normalized spacial score (nSPS) is 12.8. The van der Waals surface area contributed by atoms with E-state index in [2.05, 4.69) is 32.7 Å². The molecule has 0 fully saturated rings. The van der Waals surface area contributed by atoms with Crippen LogP contribution in [0.1, 0.15) is 5.56 Å². The van der Waals surface area contributed by atoms with Crippen LogP contribution >= 0.6 is 0 Å². The number of hydrogen-bond acceptors (Lipinski definition) is 2. The number of hydrogen-bond donors (Lipinski definition) is 1. The van der Waals surface area contributed by atoms with Crippen molar-refractivity contribution in [2.24, 2.45) is 0 Å². The fourth-order valence-electron chi connectivity index (χ4n) is 1.99. The van der Waals surface area contributed by atoms with E-state index in [9.17, 15) is 5.11 Å². The zero-order valence-electron chi connectivity index (χ0n) is 11.6. The summed E-state index contributed by atoms with van der Waals surface area (Å²) in [6.07, 6.45) is 1.05. The van der Waals surface area contributed by atoms with E-state index in [1.165, 1.54) is 5.56 Å². The van der Waals surface area contributed by atoms with E-state index >= 15 is 0 Å². The van der Waals surface area contributed by atoms with Crippen LogP contribution in [0.2, 0.25) is 38.8 Å². The van der Waals surface area contributed by atoms with Crippen molar-refractivity contribution in [3.8, 4) is 5.75 Å². The predicted octanol–water partition coefficient (Wildman–Crippen LogP) is 3.99. The van der Waals surface area contributed by atoms with Crippen molar-refractivity contribution in [2.45, 2.75) is 45.2 Å². The van der Waals surface area contributed by atoms with Crippen LogP contribution in [0.3, 0.4) is 0 Å². The summed E-state index contributed by atoms with van der Waals surface area (Å²) < 4.78 is 6.30. The third-order valence-electron chi connectivity index (χ3n) is 2.53. The summed E-state index contributed by atoms with van der Waals surface area (Å²) in [5.41, 5.74) is 1.28. The summed E-state index contributed by atoms with van der Waals surface area (Å²) >= 11 is 0. The van der Waals surface area contributed by atoms with Crippen LogP contribution < -0.4 is 0 Å². The molecule has 1 aromatic carbocycles. The van der Waals surface area contributed by atoms with Gasteiger partial charge >= 0.3 is 0 Å². The van der Waals surface area contributed by atoms with Crippen LogP contribution in [0.5, 0.6) is 5.75 Å². The number of aryl methyl sites for hydroxylation is 1. The van der Waals surface area contributed by atoms with Gasteiger partial charge < -0.3 is 9.22 Å². The van der Waals surface area contributed by atoms with Gasteiger partial charge in [-0.3, -0.25) is 0 Å². The van der Waals surface area contributed by atoms with Crippen LogP contribution in [-0.2, 0) is 10.5 Å². The van der Waals surface area contributed by atoms with Crippen LogP contribution in [0.25, 0.3) is 0 Å². The minimum atomic E-state index is -1.54. The van der Waals surface area contributed by atoms with Gasteiger partial charge in [0.15, 0.2) is 16.6 Å². The second kappa shape index (κ2) is 5.37. The zero-order chi connectivity index (χ0) is 13.1. The topological polar surface area (TPSA) is 29.5 Å². The Morgan fingerprint density at radius 2 is 1.53 bits per heavy atom. The molecular weight excluding hydrogens is 244 g/mol. The highest BCUT2D eigenvalue weighted by molar-refractivity contribution is 6.84. The second-order valence-electron chi connectivity index (χ2n) is 6.14. The molecule has 0 aliphatic rings. The number of phenols is 1. The highest BCUT2D eigenvalue weighted by atomic mass is 28.4. The summed E-state index contributed by atoms with van der Waals surface area (Å²) in [4.78, 5) is 0. The Kier molecular flexibility index (Phi) is 4.57. The third-order valence-corrected chi connectivity index (χ3v) is 8.65. The average Bonchev–Trinajstić information content (AvgIpc) is 2.13. The Balaban J connectivity index is 2.52. The minimum absolute atomic E-state index is 0.337. The standard InChI is InChI=1S/C13H24O2Si2/c1-16(2,3)15-17(4,5)11-10-12-6-8-13(14)9-7-12/h6-9,14H,10-11H2,1-5H3. The molecule has 0 aromatic heterocycles. The molecule has 4 heteroatoms. The summed E-state index contributed by atoms with van der Waals surface area (Å²) in [5.74, 6) is 0.337. The van der Waals surface area contributed by atoms with Crippen molar-refractivity contribution in [1.29, 1.82) is 0 Å². The number of rotatable bonds is 5. The molecule has 0 heterocycles. The second-order valence-corrected chi connectivity index (χ2v) is 15.2. The van der Waals surface area contributed by atoms with E-state index in [-0.39, 0.29) is 0 Å². The van der Waals surface area contributed by atoms with Crippen molar-refractivity contribution >= 4 is 16.6 Å². The van der Waals surface area contributed by atoms with Crippen LogP contribution in [0.15, 0.2) is 24.3 Å². The molecule has 0 amide bonds. The monoisotopic (exact) mass is 268 g/mol. The molecule has 0 spiro atoms. The van der Waals surface area contributed by atoms with Gasteiger partial charge in [-0.1, -0.05) is 12.1 Å². The fourth-order valence-corrected chi connectivity index (χ4v) is 9.92. The Labute approximate surface area is 107 Å². The fraction of sp³-hybridized carbons (Fsp3) is 0.538. The minimum Gasteiger partial charge on any atom is -0.508 e. The summed E-state index contributed by atoms with van der Waals surface area (Å²) in [6.45, 7) is 11.4. The molecule has 1 aromatic rings. The lowest BCUT2D eigenvalue weighted by atomic mass is 10.2. The van der Waals surface area contributed by atoms with Gasteiger partial charge in [-0.15, -0.1) is 0 Å². The maximum Gasteiger partial charge on any atom is 0.173 e. The highest BCUT2D eigenvalue weighted by Crippen LogP contribution is 2.21. The molecule has 0 saturated heterocycles. The summed E-state index contributed by atoms with van der Waals surface area (Å²) in [5, 5.41) is 9.23. The Bertz CT molecular complexity index is 353. The van der Waals surface area contributed by atoms with E-state index in [4.69, 9.17) is 4.12 Å². The quantitative estimate of drug-likeness (QED) is 0.818. The van der Waals surface area contributed by atoms with E-state index in [0.717, 1.165) is 12.5 Å². The molecule has 0 saturated carbocycles. The lowest BCUT2D eigenvalue weighted by molar-refractivity contribution is 0.475. The number of phenolic OH excluding ortho intramolecular Hbond substituents is 1. The molecule has 96 valence electrons. The summed E-state index contributed by atoms with van der Waals surface area (Å²) in [7, 11) is -2.95. The molecule has 17 heavy (non-hydrogen) atoms. The SMILES string of the molecule is C[Si](C)(C)O[Si](C)(C)CCc1ccc(O)cc1. The highest BCUT2D eigenvalue weighted by Gasteiger charge is 2.28.